The smallest absolute Gasteiger partial charge is 0.203 e. The molecule has 0 N–H and O–H groups in total. The summed E-state index contributed by atoms with van der Waals surface area (Å²) in [6.07, 6.45) is 3.40. The molecule has 0 unspecified atom stereocenters. The number of methoxy groups -OCH3 is 2. The van der Waals surface area contributed by atoms with Crippen LogP contribution in [0.4, 0.5) is 5.82 Å². The van der Waals surface area contributed by atoms with E-state index in [1.165, 1.54) is 0 Å². The number of piperidine rings is 1. The lowest BCUT2D eigenvalue weighted by Crippen LogP contribution is -2.39. The molecule has 0 aliphatic carbocycles. The Morgan fingerprint density at radius 1 is 1.07 bits per heavy atom. The molecule has 1 aromatic carbocycles. The number of aryl methyl sites for hydroxylation is 1. The van der Waals surface area contributed by atoms with E-state index >= 15 is 0 Å². The fourth-order valence-corrected chi connectivity index (χ4v) is 4.14. The van der Waals surface area contributed by atoms with E-state index in [9.17, 15) is 0 Å². The molecule has 0 radical (unpaired) electrons. The molecule has 2 aromatic heterocycles. The van der Waals surface area contributed by atoms with Crippen LogP contribution < -0.4 is 19.1 Å². The fourth-order valence-electron chi connectivity index (χ4n) is 3.55. The van der Waals surface area contributed by atoms with Gasteiger partial charge in [-0.2, -0.15) is 5.10 Å². The quantitative estimate of drug-likeness (QED) is 0.594. The summed E-state index contributed by atoms with van der Waals surface area (Å²) in [5, 5.41) is 5.35. The lowest BCUT2D eigenvalue weighted by atomic mass is 10.1. The summed E-state index contributed by atoms with van der Waals surface area (Å²) in [6.45, 7) is 1.66. The normalized spacial score (nSPS) is 15.1. The Hall–Kier alpha value is -2.55. The molecule has 1 fully saturated rings. The summed E-state index contributed by atoms with van der Waals surface area (Å²) in [4.78, 5) is 11.1. The summed E-state index contributed by atoms with van der Waals surface area (Å²) in [5.41, 5.74) is 0.814. The molecule has 0 saturated carbocycles. The van der Waals surface area contributed by atoms with Crippen LogP contribution in [0.3, 0.4) is 0 Å². The van der Waals surface area contributed by atoms with Crippen molar-refractivity contribution in [3.05, 3.63) is 29.1 Å². The van der Waals surface area contributed by atoms with Gasteiger partial charge in [-0.25, -0.2) is 14.6 Å². The maximum Gasteiger partial charge on any atom is 0.203 e. The fraction of sp³-hybridized carbons (Fsp3) is 0.421. The number of para-hydroxylation sites is 1. The van der Waals surface area contributed by atoms with Gasteiger partial charge in [-0.05, 0) is 28.1 Å². The van der Waals surface area contributed by atoms with Crippen molar-refractivity contribution in [2.24, 2.45) is 7.05 Å². The number of rotatable bonds is 5. The monoisotopic (exact) mass is 447 g/mol. The largest absolute Gasteiger partial charge is 0.493 e. The second kappa shape index (κ2) is 7.83. The number of fused-ring (bicyclic) bond motifs is 1. The van der Waals surface area contributed by atoms with Gasteiger partial charge in [0, 0.05) is 33.0 Å². The summed E-state index contributed by atoms with van der Waals surface area (Å²) in [5.74, 6) is 2.92. The van der Waals surface area contributed by atoms with Gasteiger partial charge in [-0.3, -0.25) is 0 Å². The number of aromatic nitrogens is 4. The maximum absolute atomic E-state index is 6.26. The van der Waals surface area contributed by atoms with Gasteiger partial charge < -0.3 is 19.1 Å². The van der Waals surface area contributed by atoms with Crippen molar-refractivity contribution >= 4 is 32.8 Å². The maximum atomic E-state index is 6.26. The van der Waals surface area contributed by atoms with Crippen LogP contribution in [0.15, 0.2) is 29.1 Å². The summed E-state index contributed by atoms with van der Waals surface area (Å²) in [7, 11) is 5.15. The molecule has 3 heterocycles. The van der Waals surface area contributed by atoms with Crippen LogP contribution in [0.5, 0.6) is 17.2 Å². The molecular weight excluding hydrogens is 426 g/mol. The van der Waals surface area contributed by atoms with Gasteiger partial charge in [0.2, 0.25) is 5.75 Å². The Bertz CT molecular complexity index is 963. The van der Waals surface area contributed by atoms with Crippen LogP contribution in [-0.2, 0) is 7.05 Å². The van der Waals surface area contributed by atoms with Crippen LogP contribution in [0, 0.1) is 0 Å². The van der Waals surface area contributed by atoms with Crippen molar-refractivity contribution in [3.63, 3.8) is 0 Å². The van der Waals surface area contributed by atoms with Gasteiger partial charge in [-0.1, -0.05) is 6.07 Å². The third-order valence-corrected chi connectivity index (χ3v) is 5.52. The van der Waals surface area contributed by atoms with Crippen LogP contribution in [0.1, 0.15) is 12.8 Å². The molecule has 0 spiro atoms. The highest BCUT2D eigenvalue weighted by molar-refractivity contribution is 9.10. The zero-order valence-corrected chi connectivity index (χ0v) is 17.6. The topological polar surface area (TPSA) is 74.5 Å². The van der Waals surface area contributed by atoms with E-state index in [0.29, 0.717) is 17.2 Å². The third kappa shape index (κ3) is 3.34. The Labute approximate surface area is 171 Å². The van der Waals surface area contributed by atoms with Gasteiger partial charge in [0.25, 0.3) is 0 Å². The molecule has 9 heteroatoms. The lowest BCUT2D eigenvalue weighted by Gasteiger charge is -2.33. The van der Waals surface area contributed by atoms with Crippen molar-refractivity contribution in [2.75, 3.05) is 32.2 Å². The van der Waals surface area contributed by atoms with E-state index in [0.717, 1.165) is 47.4 Å². The SMILES string of the molecule is COc1cccc(OC)c1OC1CCN(c2ncnc3c2c(Br)nn3C)CC1. The third-order valence-electron chi connectivity index (χ3n) is 4.97. The zero-order valence-electron chi connectivity index (χ0n) is 16.1. The number of nitrogens with zero attached hydrogens (tertiary/aromatic N) is 5. The van der Waals surface area contributed by atoms with Crippen molar-refractivity contribution in [3.8, 4) is 17.2 Å². The van der Waals surface area contributed by atoms with Gasteiger partial charge in [0.1, 0.15) is 22.9 Å². The van der Waals surface area contributed by atoms with Crippen LogP contribution in [-0.4, -0.2) is 53.2 Å². The van der Waals surface area contributed by atoms with Gasteiger partial charge in [0.15, 0.2) is 17.1 Å². The predicted molar refractivity (Wildman–Crippen MR) is 109 cm³/mol. The van der Waals surface area contributed by atoms with E-state index < -0.39 is 0 Å². The molecule has 1 saturated heterocycles. The average Bonchev–Trinajstić information content (AvgIpc) is 3.02. The second-order valence-electron chi connectivity index (χ2n) is 6.61. The number of anilines is 1. The minimum atomic E-state index is 0.0797. The Morgan fingerprint density at radius 3 is 2.39 bits per heavy atom. The number of hydrogen-bond acceptors (Lipinski definition) is 7. The Morgan fingerprint density at radius 2 is 1.75 bits per heavy atom. The molecular formula is C19H22BrN5O3. The minimum absolute atomic E-state index is 0.0797. The van der Waals surface area contributed by atoms with Crippen LogP contribution in [0.2, 0.25) is 0 Å². The molecule has 1 aliphatic heterocycles. The summed E-state index contributed by atoms with van der Waals surface area (Å²) in [6, 6.07) is 5.65. The van der Waals surface area contributed by atoms with E-state index in [2.05, 4.69) is 35.9 Å². The predicted octanol–water partition coefficient (Wildman–Crippen LogP) is 3.19. The van der Waals surface area contributed by atoms with E-state index in [-0.39, 0.29) is 6.10 Å². The van der Waals surface area contributed by atoms with Crippen molar-refractivity contribution in [2.45, 2.75) is 18.9 Å². The van der Waals surface area contributed by atoms with Gasteiger partial charge in [-0.15, -0.1) is 0 Å². The highest BCUT2D eigenvalue weighted by atomic mass is 79.9. The summed E-state index contributed by atoms with van der Waals surface area (Å²) < 4.78 is 19.7. The molecule has 148 valence electrons. The number of hydrogen-bond donors (Lipinski definition) is 0. The highest BCUT2D eigenvalue weighted by Gasteiger charge is 2.26. The molecule has 0 atom stereocenters. The molecule has 0 amide bonds. The number of halogens is 1. The Kier molecular flexibility index (Phi) is 5.25. The van der Waals surface area contributed by atoms with E-state index in [1.54, 1.807) is 25.2 Å². The molecule has 4 rings (SSSR count). The number of benzene rings is 1. The summed E-state index contributed by atoms with van der Waals surface area (Å²) >= 11 is 3.53. The van der Waals surface area contributed by atoms with Gasteiger partial charge >= 0.3 is 0 Å². The average molecular weight is 448 g/mol. The lowest BCUT2D eigenvalue weighted by molar-refractivity contribution is 0.158. The van der Waals surface area contributed by atoms with E-state index in [4.69, 9.17) is 14.2 Å². The van der Waals surface area contributed by atoms with Crippen molar-refractivity contribution in [1.29, 1.82) is 0 Å². The highest BCUT2D eigenvalue weighted by Crippen LogP contribution is 2.39. The van der Waals surface area contributed by atoms with E-state index in [1.807, 2.05) is 25.2 Å². The van der Waals surface area contributed by atoms with Crippen LogP contribution in [0.25, 0.3) is 11.0 Å². The first-order valence-electron chi connectivity index (χ1n) is 9.08. The molecule has 1 aliphatic rings. The molecule has 3 aromatic rings. The molecule has 8 nitrogen and oxygen atoms in total. The first-order valence-corrected chi connectivity index (χ1v) is 9.87. The van der Waals surface area contributed by atoms with Gasteiger partial charge in [0.05, 0.1) is 19.6 Å². The Balaban J connectivity index is 1.51. The molecule has 0 bridgehead atoms. The zero-order chi connectivity index (χ0) is 19.7. The molecule has 28 heavy (non-hydrogen) atoms. The first-order chi connectivity index (χ1) is 13.6. The minimum Gasteiger partial charge on any atom is -0.493 e. The standard InChI is InChI=1S/C19H22BrN5O3/c1-24-18-15(17(20)23-24)19(22-11-21-18)25-9-7-12(8-10-25)28-16-13(26-2)5-4-6-14(16)27-3/h4-6,11-12H,7-10H2,1-3H3. The second-order valence-corrected chi connectivity index (χ2v) is 7.36. The van der Waals surface area contributed by atoms with Crippen LogP contribution >= 0.6 is 15.9 Å². The number of ether oxygens (including phenoxy) is 3. The first kappa shape index (κ1) is 18.8. The van der Waals surface area contributed by atoms with Crippen molar-refractivity contribution < 1.29 is 14.2 Å². The van der Waals surface area contributed by atoms with Crippen molar-refractivity contribution in [1.82, 2.24) is 19.7 Å².